The molecule has 1 N–H and O–H groups in total. The number of anilines is 1. The van der Waals surface area contributed by atoms with Crippen molar-refractivity contribution in [3.8, 4) is 11.5 Å². The van der Waals surface area contributed by atoms with Crippen molar-refractivity contribution >= 4 is 45.5 Å². The molecule has 1 fully saturated rings. The predicted octanol–water partition coefficient (Wildman–Crippen LogP) is 5.48. The van der Waals surface area contributed by atoms with Crippen molar-refractivity contribution in [3.63, 3.8) is 0 Å². The van der Waals surface area contributed by atoms with Gasteiger partial charge in [-0.3, -0.25) is 14.9 Å². The first kappa shape index (κ1) is 24.2. The Kier molecular flexibility index (Phi) is 7.62. The minimum atomic E-state index is -0.809. The molecular weight excluding hydrogens is 512 g/mol. The Morgan fingerprint density at radius 1 is 0.914 bits per heavy atom. The topological polar surface area (TPSA) is 84.9 Å². The molecule has 35 heavy (non-hydrogen) atoms. The summed E-state index contributed by atoms with van der Waals surface area (Å²) in [7, 11) is 0. The predicted molar refractivity (Wildman–Crippen MR) is 136 cm³/mol. The summed E-state index contributed by atoms with van der Waals surface area (Å²) in [6.45, 7) is 2.86. The summed E-state index contributed by atoms with van der Waals surface area (Å²) < 4.78 is 12.5. The minimum Gasteiger partial charge on any atom is -0.493 e. The number of urea groups is 1. The third kappa shape index (κ3) is 5.78. The highest BCUT2D eigenvalue weighted by Gasteiger charge is 2.37. The molecular formula is C27H23BrN2O5. The maximum absolute atomic E-state index is 13.2. The molecule has 1 heterocycles. The molecule has 1 saturated heterocycles. The van der Waals surface area contributed by atoms with Gasteiger partial charge in [-0.25, -0.2) is 9.69 Å². The molecule has 4 rings (SSSR count). The molecule has 3 aromatic carbocycles. The van der Waals surface area contributed by atoms with Gasteiger partial charge in [-0.15, -0.1) is 0 Å². The zero-order valence-corrected chi connectivity index (χ0v) is 20.6. The summed E-state index contributed by atoms with van der Waals surface area (Å²) in [5.41, 5.74) is 1.73. The zero-order valence-electron chi connectivity index (χ0n) is 19.0. The zero-order chi connectivity index (χ0) is 24.8. The monoisotopic (exact) mass is 534 g/mol. The first-order valence-electron chi connectivity index (χ1n) is 11.1. The normalized spacial score (nSPS) is 14.7. The first-order valence-corrected chi connectivity index (χ1v) is 11.9. The van der Waals surface area contributed by atoms with Crippen LogP contribution in [-0.2, 0) is 16.2 Å². The van der Waals surface area contributed by atoms with Crippen LogP contribution in [0.2, 0.25) is 0 Å². The number of halogens is 1. The number of rotatable bonds is 8. The van der Waals surface area contributed by atoms with Gasteiger partial charge in [0.05, 0.1) is 12.3 Å². The lowest BCUT2D eigenvalue weighted by atomic mass is 10.1. The molecule has 0 radical (unpaired) electrons. The largest absolute Gasteiger partial charge is 0.493 e. The molecule has 1 aliphatic heterocycles. The maximum atomic E-state index is 13.2. The summed E-state index contributed by atoms with van der Waals surface area (Å²) in [4.78, 5) is 39.2. The summed E-state index contributed by atoms with van der Waals surface area (Å²) in [6, 6.07) is 20.6. The molecule has 7 nitrogen and oxygen atoms in total. The van der Waals surface area contributed by atoms with Crippen LogP contribution in [0.4, 0.5) is 10.5 Å². The van der Waals surface area contributed by atoms with E-state index in [1.54, 1.807) is 42.5 Å². The fraction of sp³-hybridized carbons (Fsp3) is 0.148. The van der Waals surface area contributed by atoms with Gasteiger partial charge < -0.3 is 9.47 Å². The second-order valence-corrected chi connectivity index (χ2v) is 8.67. The lowest BCUT2D eigenvalue weighted by Crippen LogP contribution is -2.54. The van der Waals surface area contributed by atoms with Crippen LogP contribution in [0.25, 0.3) is 6.08 Å². The highest BCUT2D eigenvalue weighted by atomic mass is 79.9. The summed E-state index contributed by atoms with van der Waals surface area (Å²) in [5, 5.41) is 2.24. The molecule has 1 aliphatic rings. The Bertz CT molecular complexity index is 1270. The van der Waals surface area contributed by atoms with E-state index in [-0.39, 0.29) is 5.57 Å². The quantitative estimate of drug-likeness (QED) is 0.305. The molecule has 0 unspecified atom stereocenters. The van der Waals surface area contributed by atoms with Crippen molar-refractivity contribution < 1.29 is 23.9 Å². The highest BCUT2D eigenvalue weighted by Crippen LogP contribution is 2.27. The number of barbiturate groups is 1. The second-order valence-electron chi connectivity index (χ2n) is 7.75. The van der Waals surface area contributed by atoms with Crippen molar-refractivity contribution in [2.45, 2.75) is 20.0 Å². The Morgan fingerprint density at radius 3 is 2.34 bits per heavy atom. The number of amides is 4. The van der Waals surface area contributed by atoms with Crippen LogP contribution in [0.5, 0.6) is 11.5 Å². The van der Waals surface area contributed by atoms with Gasteiger partial charge in [0, 0.05) is 10.0 Å². The average molecular weight is 535 g/mol. The number of benzene rings is 3. The van der Waals surface area contributed by atoms with E-state index in [1.807, 2.05) is 37.3 Å². The summed E-state index contributed by atoms with van der Waals surface area (Å²) >= 11 is 3.40. The van der Waals surface area contributed by atoms with Gasteiger partial charge in [-0.2, -0.15) is 0 Å². The van der Waals surface area contributed by atoms with E-state index < -0.39 is 17.8 Å². The molecule has 178 valence electrons. The van der Waals surface area contributed by atoms with Gasteiger partial charge in [0.25, 0.3) is 11.8 Å². The maximum Gasteiger partial charge on any atom is 0.335 e. The van der Waals surface area contributed by atoms with Crippen LogP contribution in [0.15, 0.2) is 82.8 Å². The van der Waals surface area contributed by atoms with E-state index >= 15 is 0 Å². The van der Waals surface area contributed by atoms with Crippen LogP contribution in [0.1, 0.15) is 24.5 Å². The van der Waals surface area contributed by atoms with Crippen molar-refractivity contribution in [2.24, 2.45) is 0 Å². The molecule has 8 heteroatoms. The summed E-state index contributed by atoms with van der Waals surface area (Å²) in [5.74, 6) is -0.336. The van der Waals surface area contributed by atoms with E-state index in [1.165, 1.54) is 6.08 Å². The molecule has 4 amide bonds. The standard InChI is InChI=1S/C27H23BrN2O5/c1-2-15-34-24-6-4-3-5-19(24)16-23-25(31)29-27(33)30(26(23)32)21-11-13-22(14-12-21)35-17-18-7-9-20(28)10-8-18/h3-14,16H,2,15,17H2,1H3,(H,29,31,33)/b23-16+. The Morgan fingerprint density at radius 2 is 1.63 bits per heavy atom. The van der Waals surface area contributed by atoms with Crippen LogP contribution in [0.3, 0.4) is 0 Å². The number of hydrogen-bond donors (Lipinski definition) is 1. The molecule has 3 aromatic rings. The Hall–Kier alpha value is -3.91. The van der Waals surface area contributed by atoms with Gasteiger partial charge in [0.15, 0.2) is 0 Å². The van der Waals surface area contributed by atoms with Gasteiger partial charge in [-0.1, -0.05) is 53.2 Å². The second kappa shape index (κ2) is 11.0. The number of nitrogens with zero attached hydrogens (tertiary/aromatic N) is 1. The SMILES string of the molecule is CCCOc1ccccc1/C=C1\C(=O)NC(=O)N(c2ccc(OCc3ccc(Br)cc3)cc2)C1=O. The Labute approximate surface area is 211 Å². The molecule has 0 atom stereocenters. The molecule has 0 bridgehead atoms. The molecule has 0 aromatic heterocycles. The Balaban J connectivity index is 1.53. The van der Waals surface area contributed by atoms with Gasteiger partial charge in [0.2, 0.25) is 0 Å². The van der Waals surface area contributed by atoms with Gasteiger partial charge in [-0.05, 0) is 60.5 Å². The van der Waals surface area contributed by atoms with E-state index in [0.29, 0.717) is 36.0 Å². The highest BCUT2D eigenvalue weighted by molar-refractivity contribution is 9.10. The van der Waals surface area contributed by atoms with E-state index in [2.05, 4.69) is 21.2 Å². The molecule has 0 saturated carbocycles. The fourth-order valence-electron chi connectivity index (χ4n) is 3.43. The average Bonchev–Trinajstić information content (AvgIpc) is 2.86. The fourth-order valence-corrected chi connectivity index (χ4v) is 3.69. The van der Waals surface area contributed by atoms with Crippen LogP contribution >= 0.6 is 15.9 Å². The lowest BCUT2D eigenvalue weighted by molar-refractivity contribution is -0.122. The number of para-hydroxylation sites is 1. The third-order valence-corrected chi connectivity index (χ3v) is 5.72. The number of ether oxygens (including phenoxy) is 2. The smallest absolute Gasteiger partial charge is 0.335 e. The van der Waals surface area contributed by atoms with Crippen molar-refractivity contribution in [2.75, 3.05) is 11.5 Å². The van der Waals surface area contributed by atoms with E-state index in [9.17, 15) is 14.4 Å². The number of imide groups is 2. The van der Waals surface area contributed by atoms with Crippen molar-refractivity contribution in [3.05, 3.63) is 94.0 Å². The number of nitrogens with one attached hydrogen (secondary N) is 1. The third-order valence-electron chi connectivity index (χ3n) is 5.20. The number of carbonyl (C=O) groups is 3. The number of hydrogen-bond acceptors (Lipinski definition) is 5. The molecule has 0 spiro atoms. The van der Waals surface area contributed by atoms with E-state index in [0.717, 1.165) is 21.4 Å². The molecule has 0 aliphatic carbocycles. The summed E-state index contributed by atoms with van der Waals surface area (Å²) in [6.07, 6.45) is 2.26. The van der Waals surface area contributed by atoms with Crippen molar-refractivity contribution in [1.29, 1.82) is 0 Å². The van der Waals surface area contributed by atoms with Crippen LogP contribution < -0.4 is 19.7 Å². The van der Waals surface area contributed by atoms with Crippen LogP contribution in [0, 0.1) is 0 Å². The van der Waals surface area contributed by atoms with Gasteiger partial charge >= 0.3 is 6.03 Å². The first-order chi connectivity index (χ1) is 17.0. The van der Waals surface area contributed by atoms with Gasteiger partial charge in [0.1, 0.15) is 23.7 Å². The lowest BCUT2D eigenvalue weighted by Gasteiger charge is -2.26. The van der Waals surface area contributed by atoms with Crippen molar-refractivity contribution in [1.82, 2.24) is 5.32 Å². The van der Waals surface area contributed by atoms with E-state index in [4.69, 9.17) is 9.47 Å². The van der Waals surface area contributed by atoms with Crippen LogP contribution in [-0.4, -0.2) is 24.5 Å². The number of carbonyl (C=O) groups excluding carboxylic acids is 3. The minimum absolute atomic E-state index is 0.160.